The molecule has 230 valence electrons. The third-order valence-electron chi connectivity index (χ3n) is 8.80. The molecule has 2 aromatic carbocycles. The Kier molecular flexibility index (Phi) is 8.97. The number of nitrogens with zero attached hydrogens (tertiary/aromatic N) is 1. The van der Waals surface area contributed by atoms with E-state index in [1.807, 2.05) is 24.3 Å². The van der Waals surface area contributed by atoms with Crippen molar-refractivity contribution in [1.29, 1.82) is 0 Å². The van der Waals surface area contributed by atoms with E-state index in [9.17, 15) is 9.59 Å². The van der Waals surface area contributed by atoms with Crippen LogP contribution in [0.25, 0.3) is 0 Å². The van der Waals surface area contributed by atoms with E-state index in [0.29, 0.717) is 44.1 Å². The number of rotatable bonds is 9. The molecule has 6 nitrogen and oxygen atoms in total. The van der Waals surface area contributed by atoms with Crippen LogP contribution >= 0.6 is 15.9 Å². The molecule has 0 radical (unpaired) electrons. The Bertz CT molecular complexity index is 1450. The Hall–Kier alpha value is -2.90. The van der Waals surface area contributed by atoms with Crippen LogP contribution in [0.5, 0.6) is 11.5 Å². The van der Waals surface area contributed by atoms with Crippen molar-refractivity contribution in [3.63, 3.8) is 0 Å². The molecule has 0 aromatic heterocycles. The van der Waals surface area contributed by atoms with Gasteiger partial charge in [0.1, 0.15) is 6.61 Å². The van der Waals surface area contributed by atoms with Gasteiger partial charge >= 0.3 is 0 Å². The van der Waals surface area contributed by atoms with Crippen LogP contribution in [-0.4, -0.2) is 43.8 Å². The molecule has 1 aliphatic heterocycles. The average Bonchev–Trinajstić information content (AvgIpc) is 2.91. The van der Waals surface area contributed by atoms with E-state index in [0.717, 1.165) is 57.4 Å². The van der Waals surface area contributed by atoms with Crippen LogP contribution in [0.2, 0.25) is 0 Å². The molecule has 0 unspecified atom stereocenters. The smallest absolute Gasteiger partial charge is 0.175 e. The fourth-order valence-corrected chi connectivity index (χ4v) is 7.60. The van der Waals surface area contributed by atoms with Gasteiger partial charge in [0.25, 0.3) is 0 Å². The zero-order valence-corrected chi connectivity index (χ0v) is 28.2. The number of benzene rings is 2. The maximum absolute atomic E-state index is 14.1. The number of carbonyl (C=O) groups is 2. The van der Waals surface area contributed by atoms with Gasteiger partial charge in [-0.2, -0.15) is 0 Å². The lowest BCUT2D eigenvalue weighted by Crippen LogP contribution is -2.44. The lowest BCUT2D eigenvalue weighted by Gasteiger charge is -2.49. The molecule has 0 atom stereocenters. The number of carbonyl (C=O) groups excluding carboxylic acids is 2. The Balaban J connectivity index is 1.64. The normalized spacial score (nSPS) is 19.9. The van der Waals surface area contributed by atoms with Gasteiger partial charge in [0, 0.05) is 61.6 Å². The first-order chi connectivity index (χ1) is 20.3. The zero-order valence-electron chi connectivity index (χ0n) is 26.6. The van der Waals surface area contributed by atoms with Crippen molar-refractivity contribution >= 4 is 27.5 Å². The minimum absolute atomic E-state index is 0.118. The van der Waals surface area contributed by atoms with E-state index < -0.39 is 5.92 Å². The first-order valence-corrected chi connectivity index (χ1v) is 16.0. The molecule has 7 heteroatoms. The van der Waals surface area contributed by atoms with E-state index in [1.165, 1.54) is 5.56 Å². The summed E-state index contributed by atoms with van der Waals surface area (Å²) in [4.78, 5) is 30.5. The molecule has 1 heterocycles. The summed E-state index contributed by atoms with van der Waals surface area (Å²) < 4.78 is 18.3. The molecule has 0 saturated heterocycles. The third-order valence-corrected chi connectivity index (χ3v) is 9.39. The third kappa shape index (κ3) is 6.48. The number of ether oxygens (including phenoxy) is 3. The van der Waals surface area contributed by atoms with Crippen molar-refractivity contribution in [3.05, 3.63) is 80.1 Å². The van der Waals surface area contributed by atoms with Gasteiger partial charge in [0.05, 0.1) is 11.6 Å². The molecule has 0 bridgehead atoms. The van der Waals surface area contributed by atoms with Crippen molar-refractivity contribution < 1.29 is 23.8 Å². The molecule has 2 aromatic rings. The molecule has 0 amide bonds. The van der Waals surface area contributed by atoms with E-state index in [2.05, 4.69) is 67.6 Å². The standard InChI is InChI=1S/C36H44BrNO5/c1-22-10-8-11-23(14-22)21-43-34-25(37)15-24(16-30(34)42-7)31-32-26(17-35(2,3)19-28(32)39)38(12-9-13-41-6)27-18-36(4,5)20-29(40)33(27)31/h8,10-11,14-16,31H,9,12-13,17-21H2,1-7H3. The summed E-state index contributed by atoms with van der Waals surface area (Å²) in [5, 5.41) is 0. The predicted molar refractivity (Wildman–Crippen MR) is 172 cm³/mol. The van der Waals surface area contributed by atoms with E-state index in [-0.39, 0.29) is 22.4 Å². The van der Waals surface area contributed by atoms with Gasteiger partial charge in [-0.1, -0.05) is 57.5 Å². The number of hydrogen-bond acceptors (Lipinski definition) is 6. The second kappa shape index (κ2) is 12.2. The van der Waals surface area contributed by atoms with Crippen LogP contribution in [0.1, 0.15) is 82.4 Å². The largest absolute Gasteiger partial charge is 0.493 e. The van der Waals surface area contributed by atoms with E-state index >= 15 is 0 Å². The van der Waals surface area contributed by atoms with Crippen LogP contribution in [0.15, 0.2) is 63.4 Å². The Morgan fingerprint density at radius 2 is 1.53 bits per heavy atom. The van der Waals surface area contributed by atoms with Crippen molar-refractivity contribution in [2.75, 3.05) is 27.4 Å². The lowest BCUT2D eigenvalue weighted by atomic mass is 9.63. The first-order valence-electron chi connectivity index (χ1n) is 15.2. The maximum Gasteiger partial charge on any atom is 0.175 e. The first kappa shape index (κ1) is 31.5. The highest BCUT2D eigenvalue weighted by molar-refractivity contribution is 9.10. The fourth-order valence-electron chi connectivity index (χ4n) is 7.02. The number of hydrogen-bond donors (Lipinski definition) is 0. The number of halogens is 1. The van der Waals surface area contributed by atoms with Crippen LogP contribution in [0, 0.1) is 17.8 Å². The number of ketones is 2. The molecule has 0 fully saturated rings. The van der Waals surface area contributed by atoms with Crippen LogP contribution in [0.3, 0.4) is 0 Å². The summed E-state index contributed by atoms with van der Waals surface area (Å²) in [7, 11) is 3.34. The minimum atomic E-state index is -0.452. The van der Waals surface area contributed by atoms with Gasteiger partial charge in [-0.3, -0.25) is 9.59 Å². The molecule has 5 rings (SSSR count). The highest BCUT2D eigenvalue weighted by Gasteiger charge is 2.49. The molecular formula is C36H44BrNO5. The topological polar surface area (TPSA) is 65.1 Å². The second-order valence-corrected chi connectivity index (χ2v) is 14.7. The van der Waals surface area contributed by atoms with Crippen molar-refractivity contribution in [2.24, 2.45) is 10.8 Å². The van der Waals surface area contributed by atoms with Gasteiger partial charge < -0.3 is 19.1 Å². The molecular weight excluding hydrogens is 606 g/mol. The Labute approximate surface area is 264 Å². The van der Waals surface area contributed by atoms with Gasteiger partial charge in [0.15, 0.2) is 23.1 Å². The quantitative estimate of drug-likeness (QED) is 0.256. The summed E-state index contributed by atoms with van der Waals surface area (Å²) in [6.07, 6.45) is 3.27. The number of methoxy groups -OCH3 is 2. The lowest BCUT2D eigenvalue weighted by molar-refractivity contribution is -0.119. The molecule has 0 saturated carbocycles. The molecule has 2 aliphatic carbocycles. The van der Waals surface area contributed by atoms with Crippen molar-refractivity contribution in [1.82, 2.24) is 4.90 Å². The van der Waals surface area contributed by atoms with Crippen LogP contribution in [0.4, 0.5) is 0 Å². The van der Waals surface area contributed by atoms with Gasteiger partial charge in [-0.05, 0) is 76.2 Å². The predicted octanol–water partition coefficient (Wildman–Crippen LogP) is 8.07. The van der Waals surface area contributed by atoms with Gasteiger partial charge in [-0.25, -0.2) is 0 Å². The number of Topliss-reactive ketones (excluding diaryl/α,β-unsaturated/α-hetero) is 2. The Morgan fingerprint density at radius 3 is 2.09 bits per heavy atom. The summed E-state index contributed by atoms with van der Waals surface area (Å²) in [5.74, 6) is 0.947. The van der Waals surface area contributed by atoms with Gasteiger partial charge in [-0.15, -0.1) is 0 Å². The highest BCUT2D eigenvalue weighted by Crippen LogP contribution is 2.55. The van der Waals surface area contributed by atoms with Crippen LogP contribution < -0.4 is 9.47 Å². The van der Waals surface area contributed by atoms with Crippen molar-refractivity contribution in [2.45, 2.75) is 79.2 Å². The van der Waals surface area contributed by atoms with Crippen LogP contribution in [-0.2, 0) is 20.9 Å². The molecule has 3 aliphatic rings. The van der Waals surface area contributed by atoms with Crippen molar-refractivity contribution in [3.8, 4) is 11.5 Å². The SMILES string of the molecule is COCCCN1C2=C(C(=O)CC(C)(C)C2)C(c2cc(Br)c(OCc3cccc(C)c3)c(OC)c2)C2=C1CC(C)(C)CC2=O. The average molecular weight is 651 g/mol. The zero-order chi connectivity index (χ0) is 31.1. The second-order valence-electron chi connectivity index (χ2n) is 13.8. The van der Waals surface area contributed by atoms with E-state index in [1.54, 1.807) is 14.2 Å². The summed E-state index contributed by atoms with van der Waals surface area (Å²) in [6, 6.07) is 12.2. The summed E-state index contributed by atoms with van der Waals surface area (Å²) in [6.45, 7) is 12.4. The summed E-state index contributed by atoms with van der Waals surface area (Å²) >= 11 is 3.76. The number of aryl methyl sites for hydroxylation is 1. The minimum Gasteiger partial charge on any atom is -0.493 e. The van der Waals surface area contributed by atoms with E-state index in [4.69, 9.17) is 14.2 Å². The molecule has 0 spiro atoms. The molecule has 43 heavy (non-hydrogen) atoms. The fraction of sp³-hybridized carbons (Fsp3) is 0.500. The monoisotopic (exact) mass is 649 g/mol. The highest BCUT2D eigenvalue weighted by atomic mass is 79.9. The number of allylic oxidation sites excluding steroid dienone is 4. The van der Waals surface area contributed by atoms with Gasteiger partial charge in [0.2, 0.25) is 0 Å². The summed E-state index contributed by atoms with van der Waals surface area (Å²) in [5.41, 5.74) is 6.39. The molecule has 0 N–H and O–H groups in total. The maximum atomic E-state index is 14.1. The Morgan fingerprint density at radius 1 is 0.907 bits per heavy atom.